The molecule has 0 bridgehead atoms. The molecule has 9 heteroatoms. The van der Waals surface area contributed by atoms with Gasteiger partial charge in [-0.25, -0.2) is 12.8 Å². The molecule has 40 heavy (non-hydrogen) atoms. The highest BCUT2D eigenvalue weighted by Gasteiger charge is 2.34. The maximum atomic E-state index is 14.1. The molecule has 212 valence electrons. The van der Waals surface area contributed by atoms with Crippen molar-refractivity contribution in [2.75, 3.05) is 17.1 Å². The second kappa shape index (κ2) is 13.1. The lowest BCUT2D eigenvalue weighted by molar-refractivity contribution is -0.140. The van der Waals surface area contributed by atoms with Crippen LogP contribution in [0.25, 0.3) is 0 Å². The van der Waals surface area contributed by atoms with Gasteiger partial charge in [0.25, 0.3) is 0 Å². The number of sulfonamides is 1. The number of halogens is 1. The summed E-state index contributed by atoms with van der Waals surface area (Å²) in [6.07, 6.45) is 5.13. The molecule has 2 amide bonds. The van der Waals surface area contributed by atoms with E-state index in [1.807, 2.05) is 37.3 Å². The molecule has 7 nitrogen and oxygen atoms in total. The Bertz CT molecular complexity index is 1390. The Morgan fingerprint density at radius 1 is 0.925 bits per heavy atom. The Balaban J connectivity index is 1.71. The SMILES string of the molecule is Cc1ccc(N(CC(=O)N(Cc2ccc(F)cc2)C(Cc2ccccc2)C(=O)NC2CCCC2)S(C)(=O)=O)cc1. The van der Waals surface area contributed by atoms with E-state index in [2.05, 4.69) is 5.32 Å². The molecular weight excluding hydrogens is 529 g/mol. The molecule has 1 N–H and O–H groups in total. The van der Waals surface area contributed by atoms with Crippen LogP contribution in [0.1, 0.15) is 42.4 Å². The quantitative estimate of drug-likeness (QED) is 0.368. The zero-order valence-corrected chi connectivity index (χ0v) is 23.7. The second-order valence-corrected chi connectivity index (χ2v) is 12.4. The summed E-state index contributed by atoms with van der Waals surface area (Å²) in [5, 5.41) is 3.13. The second-order valence-electron chi connectivity index (χ2n) is 10.4. The van der Waals surface area contributed by atoms with Crippen LogP contribution in [0.2, 0.25) is 0 Å². The van der Waals surface area contributed by atoms with Crippen LogP contribution in [-0.4, -0.2) is 50.0 Å². The molecule has 3 aromatic rings. The third kappa shape index (κ3) is 7.91. The maximum Gasteiger partial charge on any atom is 0.244 e. The first-order valence-electron chi connectivity index (χ1n) is 13.5. The average Bonchev–Trinajstić information content (AvgIpc) is 3.44. The van der Waals surface area contributed by atoms with E-state index in [1.54, 1.807) is 36.4 Å². The van der Waals surface area contributed by atoms with Crippen LogP contribution in [0.4, 0.5) is 10.1 Å². The Labute approximate surface area is 236 Å². The minimum atomic E-state index is -3.83. The van der Waals surface area contributed by atoms with Gasteiger partial charge in [-0.1, -0.05) is 73.0 Å². The fourth-order valence-corrected chi connectivity index (χ4v) is 5.88. The third-order valence-corrected chi connectivity index (χ3v) is 8.38. The number of amides is 2. The Kier molecular flexibility index (Phi) is 9.58. The van der Waals surface area contributed by atoms with Crippen molar-refractivity contribution < 1.29 is 22.4 Å². The molecule has 1 fully saturated rings. The van der Waals surface area contributed by atoms with Crippen molar-refractivity contribution >= 4 is 27.5 Å². The molecule has 1 aliphatic rings. The summed E-state index contributed by atoms with van der Waals surface area (Å²) in [5.74, 6) is -1.23. The number of hydrogen-bond donors (Lipinski definition) is 1. The van der Waals surface area contributed by atoms with E-state index in [9.17, 15) is 22.4 Å². The summed E-state index contributed by atoms with van der Waals surface area (Å²) in [5.41, 5.74) is 2.80. The lowest BCUT2D eigenvalue weighted by Gasteiger charge is -2.34. The number of aryl methyl sites for hydroxylation is 1. The summed E-state index contributed by atoms with van der Waals surface area (Å²) in [6.45, 7) is 1.42. The van der Waals surface area contributed by atoms with Crippen molar-refractivity contribution in [3.8, 4) is 0 Å². The molecule has 0 saturated heterocycles. The van der Waals surface area contributed by atoms with Crippen LogP contribution in [0.15, 0.2) is 78.9 Å². The van der Waals surface area contributed by atoms with Gasteiger partial charge in [0, 0.05) is 19.0 Å². The van der Waals surface area contributed by atoms with Gasteiger partial charge in [-0.3, -0.25) is 13.9 Å². The molecule has 3 aromatic carbocycles. The number of hydrogen-bond acceptors (Lipinski definition) is 4. The monoisotopic (exact) mass is 565 g/mol. The van der Waals surface area contributed by atoms with Gasteiger partial charge in [0.15, 0.2) is 0 Å². The number of nitrogens with one attached hydrogen (secondary N) is 1. The van der Waals surface area contributed by atoms with Crippen LogP contribution in [-0.2, 0) is 32.6 Å². The van der Waals surface area contributed by atoms with Crippen molar-refractivity contribution in [2.45, 2.75) is 57.7 Å². The van der Waals surface area contributed by atoms with Gasteiger partial charge in [-0.05, 0) is 55.2 Å². The van der Waals surface area contributed by atoms with Crippen molar-refractivity contribution in [3.63, 3.8) is 0 Å². The molecule has 0 aromatic heterocycles. The number of carbonyl (C=O) groups is 2. The van der Waals surface area contributed by atoms with Crippen molar-refractivity contribution in [1.82, 2.24) is 10.2 Å². The number of anilines is 1. The molecule has 0 heterocycles. The van der Waals surface area contributed by atoms with Gasteiger partial charge in [0.2, 0.25) is 21.8 Å². The van der Waals surface area contributed by atoms with Crippen molar-refractivity contribution in [2.24, 2.45) is 0 Å². The highest BCUT2D eigenvalue weighted by atomic mass is 32.2. The largest absolute Gasteiger partial charge is 0.352 e. The van der Waals surface area contributed by atoms with Crippen molar-refractivity contribution in [3.05, 3.63) is 101 Å². The zero-order valence-electron chi connectivity index (χ0n) is 22.9. The van der Waals surface area contributed by atoms with Crippen LogP contribution in [0, 0.1) is 12.7 Å². The number of benzene rings is 3. The lowest BCUT2D eigenvalue weighted by Crippen LogP contribution is -2.54. The number of rotatable bonds is 11. The minimum Gasteiger partial charge on any atom is -0.352 e. The summed E-state index contributed by atoms with van der Waals surface area (Å²) >= 11 is 0. The fraction of sp³-hybridized carbons (Fsp3) is 0.355. The van der Waals surface area contributed by atoms with Crippen LogP contribution >= 0.6 is 0 Å². The Morgan fingerprint density at radius 2 is 1.55 bits per heavy atom. The Hall–Kier alpha value is -3.72. The standard InChI is InChI=1S/C31H36FN3O4S/c1-23-12-18-28(19-13-23)35(40(2,38)39)22-30(36)34(21-25-14-16-26(32)17-15-25)29(20-24-8-4-3-5-9-24)31(37)33-27-10-6-7-11-27/h3-5,8-9,12-19,27,29H,6-7,10-11,20-22H2,1-2H3,(H,33,37). The molecule has 1 atom stereocenters. The average molecular weight is 566 g/mol. The first kappa shape index (κ1) is 29.3. The van der Waals surface area contributed by atoms with Crippen molar-refractivity contribution in [1.29, 1.82) is 0 Å². The van der Waals surface area contributed by atoms with Crippen LogP contribution in [0.3, 0.4) is 0 Å². The van der Waals surface area contributed by atoms with E-state index in [4.69, 9.17) is 0 Å². The molecule has 0 aliphatic heterocycles. The predicted molar refractivity (Wildman–Crippen MR) is 155 cm³/mol. The molecule has 0 radical (unpaired) electrons. The summed E-state index contributed by atoms with van der Waals surface area (Å²) in [6, 6.07) is 21.2. The fourth-order valence-electron chi connectivity index (χ4n) is 5.03. The normalized spacial score (nSPS) is 14.5. The highest BCUT2D eigenvalue weighted by molar-refractivity contribution is 7.92. The molecule has 1 saturated carbocycles. The van der Waals surface area contributed by atoms with Gasteiger partial charge in [-0.2, -0.15) is 0 Å². The van der Waals surface area contributed by atoms with E-state index < -0.39 is 34.3 Å². The lowest BCUT2D eigenvalue weighted by atomic mass is 10.0. The minimum absolute atomic E-state index is 0.0141. The molecule has 1 aliphatic carbocycles. The Morgan fingerprint density at radius 3 is 2.15 bits per heavy atom. The summed E-state index contributed by atoms with van der Waals surface area (Å²) < 4.78 is 40.4. The van der Waals surface area contributed by atoms with Gasteiger partial charge in [0.1, 0.15) is 18.4 Å². The third-order valence-electron chi connectivity index (χ3n) is 7.24. The summed E-state index contributed by atoms with van der Waals surface area (Å²) in [4.78, 5) is 29.3. The van der Waals surface area contributed by atoms with E-state index in [0.29, 0.717) is 11.3 Å². The highest BCUT2D eigenvalue weighted by Crippen LogP contribution is 2.22. The molecule has 4 rings (SSSR count). The smallest absolute Gasteiger partial charge is 0.244 e. The molecule has 0 spiro atoms. The molecule has 1 unspecified atom stereocenters. The predicted octanol–water partition coefficient (Wildman–Crippen LogP) is 4.60. The zero-order chi connectivity index (χ0) is 28.7. The number of nitrogens with zero attached hydrogens (tertiary/aromatic N) is 2. The van der Waals surface area contributed by atoms with Gasteiger partial charge in [0.05, 0.1) is 11.9 Å². The maximum absolute atomic E-state index is 14.1. The topological polar surface area (TPSA) is 86.8 Å². The summed E-state index contributed by atoms with van der Waals surface area (Å²) in [7, 11) is -3.83. The van der Waals surface area contributed by atoms with Gasteiger partial charge < -0.3 is 10.2 Å². The first-order valence-corrected chi connectivity index (χ1v) is 15.4. The van der Waals surface area contributed by atoms with E-state index in [0.717, 1.165) is 47.4 Å². The van der Waals surface area contributed by atoms with E-state index in [1.165, 1.54) is 17.0 Å². The van der Waals surface area contributed by atoms with Crippen LogP contribution < -0.4 is 9.62 Å². The van der Waals surface area contributed by atoms with Gasteiger partial charge >= 0.3 is 0 Å². The number of carbonyl (C=O) groups excluding carboxylic acids is 2. The van der Waals surface area contributed by atoms with E-state index >= 15 is 0 Å². The van der Waals surface area contributed by atoms with E-state index in [-0.39, 0.29) is 24.9 Å². The molecular formula is C31H36FN3O4S. The first-order chi connectivity index (χ1) is 19.1. The van der Waals surface area contributed by atoms with Crippen LogP contribution in [0.5, 0.6) is 0 Å². The van der Waals surface area contributed by atoms with Gasteiger partial charge in [-0.15, -0.1) is 0 Å².